The predicted octanol–water partition coefficient (Wildman–Crippen LogP) is 2.98. The third-order valence-electron chi connectivity index (χ3n) is 2.15. The summed E-state index contributed by atoms with van der Waals surface area (Å²) >= 11 is 1.48. The number of halogens is 1. The van der Waals surface area contributed by atoms with Gasteiger partial charge in [0.15, 0.2) is 17.9 Å². The van der Waals surface area contributed by atoms with Crippen LogP contribution in [0, 0.1) is 12.7 Å². The van der Waals surface area contributed by atoms with E-state index < -0.39 is 5.82 Å². The van der Waals surface area contributed by atoms with Crippen LogP contribution in [-0.4, -0.2) is 11.3 Å². The number of aryl methyl sites for hydroxylation is 1. The molecule has 0 aliphatic carbocycles. The van der Waals surface area contributed by atoms with Crippen molar-refractivity contribution in [2.45, 2.75) is 13.5 Å². The fourth-order valence-electron chi connectivity index (χ4n) is 1.39. The van der Waals surface area contributed by atoms with Gasteiger partial charge in [-0.1, -0.05) is 6.07 Å². The van der Waals surface area contributed by atoms with E-state index in [1.807, 2.05) is 6.92 Å². The Balaban J connectivity index is 2.16. The quantitative estimate of drug-likeness (QED) is 0.784. The first kappa shape index (κ1) is 11.7. The van der Waals surface area contributed by atoms with Gasteiger partial charge in [-0.2, -0.15) is 0 Å². The second-order valence-electron chi connectivity index (χ2n) is 3.41. The van der Waals surface area contributed by atoms with Crippen molar-refractivity contribution >= 4 is 17.6 Å². The molecule has 0 fully saturated rings. The van der Waals surface area contributed by atoms with Gasteiger partial charge in [0, 0.05) is 6.20 Å². The normalized spacial score (nSPS) is 10.2. The molecule has 17 heavy (non-hydrogen) atoms. The van der Waals surface area contributed by atoms with Crippen LogP contribution in [0.4, 0.5) is 4.39 Å². The molecule has 0 atom stereocenters. The van der Waals surface area contributed by atoms with Gasteiger partial charge in [-0.15, -0.1) is 11.3 Å². The average molecular weight is 251 g/mol. The lowest BCUT2D eigenvalue weighted by molar-refractivity contribution is 0.111. The zero-order valence-corrected chi connectivity index (χ0v) is 9.96. The van der Waals surface area contributed by atoms with Gasteiger partial charge >= 0.3 is 0 Å². The van der Waals surface area contributed by atoms with Crippen molar-refractivity contribution in [2.75, 3.05) is 0 Å². The number of aromatic nitrogens is 1. The van der Waals surface area contributed by atoms with Crippen molar-refractivity contribution in [1.82, 2.24) is 4.98 Å². The summed E-state index contributed by atoms with van der Waals surface area (Å²) in [6.07, 6.45) is 2.26. The van der Waals surface area contributed by atoms with E-state index in [2.05, 4.69) is 4.98 Å². The van der Waals surface area contributed by atoms with Gasteiger partial charge in [0.25, 0.3) is 0 Å². The van der Waals surface area contributed by atoms with Crippen LogP contribution in [0.5, 0.6) is 5.75 Å². The van der Waals surface area contributed by atoms with Crippen molar-refractivity contribution in [3.05, 3.63) is 45.7 Å². The van der Waals surface area contributed by atoms with Crippen LogP contribution >= 0.6 is 11.3 Å². The number of benzene rings is 1. The molecule has 0 aliphatic heterocycles. The van der Waals surface area contributed by atoms with Crippen molar-refractivity contribution in [2.24, 2.45) is 0 Å². The van der Waals surface area contributed by atoms with Gasteiger partial charge in [0.2, 0.25) is 0 Å². The molecule has 0 radical (unpaired) electrons. The minimum Gasteiger partial charge on any atom is -0.484 e. The number of ether oxygens (including phenoxy) is 1. The number of carbonyl (C=O) groups excluding carboxylic acids is 1. The number of hydrogen-bond acceptors (Lipinski definition) is 4. The molecular weight excluding hydrogens is 241 g/mol. The molecule has 1 heterocycles. The Kier molecular flexibility index (Phi) is 3.49. The summed E-state index contributed by atoms with van der Waals surface area (Å²) < 4.78 is 18.8. The summed E-state index contributed by atoms with van der Waals surface area (Å²) in [5.41, 5.74) is 0.214. The standard InChI is InChI=1S/C12H10FNO2S/c1-8-14-5-10(17-8)7-16-12-9(6-15)3-2-4-11(12)13/h2-6H,7H2,1H3. The van der Waals surface area contributed by atoms with E-state index in [1.54, 1.807) is 6.20 Å². The SMILES string of the molecule is Cc1ncc(COc2c(F)cccc2C=O)s1. The summed E-state index contributed by atoms with van der Waals surface area (Å²) in [4.78, 5) is 15.7. The summed E-state index contributed by atoms with van der Waals surface area (Å²) in [6.45, 7) is 2.10. The van der Waals surface area contributed by atoms with Crippen molar-refractivity contribution in [3.8, 4) is 5.75 Å². The van der Waals surface area contributed by atoms with Crippen LogP contribution in [0.25, 0.3) is 0 Å². The fraction of sp³-hybridized carbons (Fsp3) is 0.167. The van der Waals surface area contributed by atoms with Gasteiger partial charge in [0.05, 0.1) is 15.4 Å². The Hall–Kier alpha value is -1.75. The molecule has 2 aromatic rings. The van der Waals surface area contributed by atoms with E-state index in [0.29, 0.717) is 6.29 Å². The molecule has 1 aromatic carbocycles. The zero-order chi connectivity index (χ0) is 12.3. The van der Waals surface area contributed by atoms with Gasteiger partial charge in [0.1, 0.15) is 6.61 Å². The van der Waals surface area contributed by atoms with Crippen molar-refractivity contribution in [3.63, 3.8) is 0 Å². The highest BCUT2D eigenvalue weighted by atomic mass is 32.1. The number of carbonyl (C=O) groups is 1. The van der Waals surface area contributed by atoms with Crippen LogP contribution < -0.4 is 4.74 Å². The van der Waals surface area contributed by atoms with E-state index in [-0.39, 0.29) is 17.9 Å². The summed E-state index contributed by atoms with van der Waals surface area (Å²) in [7, 11) is 0. The highest BCUT2D eigenvalue weighted by Gasteiger charge is 2.10. The molecule has 0 aliphatic rings. The number of rotatable bonds is 4. The van der Waals surface area contributed by atoms with E-state index >= 15 is 0 Å². The minimum atomic E-state index is -0.532. The van der Waals surface area contributed by atoms with Crippen molar-refractivity contribution < 1.29 is 13.9 Å². The van der Waals surface area contributed by atoms with Crippen LogP contribution in [0.15, 0.2) is 24.4 Å². The average Bonchev–Trinajstić information content (AvgIpc) is 2.73. The van der Waals surface area contributed by atoms with Crippen LogP contribution in [0.1, 0.15) is 20.2 Å². The second kappa shape index (κ2) is 5.05. The first-order chi connectivity index (χ1) is 8.20. The number of aldehydes is 1. The number of nitrogens with zero attached hydrogens (tertiary/aromatic N) is 1. The Labute approximate surface area is 102 Å². The molecule has 0 amide bonds. The molecule has 5 heteroatoms. The Morgan fingerprint density at radius 2 is 2.35 bits per heavy atom. The highest BCUT2D eigenvalue weighted by molar-refractivity contribution is 7.11. The molecule has 0 bridgehead atoms. The van der Waals surface area contributed by atoms with Crippen LogP contribution in [0.3, 0.4) is 0 Å². The molecule has 0 unspecified atom stereocenters. The van der Waals surface area contributed by atoms with Gasteiger partial charge < -0.3 is 4.74 Å². The third kappa shape index (κ3) is 2.68. The first-order valence-electron chi connectivity index (χ1n) is 4.98. The lowest BCUT2D eigenvalue weighted by Gasteiger charge is -2.07. The Bertz CT molecular complexity index is 539. The third-order valence-corrected chi connectivity index (χ3v) is 3.04. The zero-order valence-electron chi connectivity index (χ0n) is 9.14. The Morgan fingerprint density at radius 1 is 1.53 bits per heavy atom. The van der Waals surface area contributed by atoms with Gasteiger partial charge in [-0.3, -0.25) is 4.79 Å². The maximum Gasteiger partial charge on any atom is 0.165 e. The molecule has 3 nitrogen and oxygen atoms in total. The summed E-state index contributed by atoms with van der Waals surface area (Å²) in [5.74, 6) is -0.538. The second-order valence-corrected chi connectivity index (χ2v) is 4.73. The number of para-hydroxylation sites is 1. The highest BCUT2D eigenvalue weighted by Crippen LogP contribution is 2.23. The molecule has 0 N–H and O–H groups in total. The van der Waals surface area contributed by atoms with E-state index in [0.717, 1.165) is 9.88 Å². The first-order valence-corrected chi connectivity index (χ1v) is 5.80. The maximum absolute atomic E-state index is 13.4. The molecule has 88 valence electrons. The van der Waals surface area contributed by atoms with Crippen LogP contribution in [-0.2, 0) is 6.61 Å². The molecule has 0 spiro atoms. The molecule has 2 rings (SSSR count). The van der Waals surface area contributed by atoms with Crippen LogP contribution in [0.2, 0.25) is 0 Å². The molecule has 0 saturated carbocycles. The minimum absolute atomic E-state index is 0.00597. The van der Waals surface area contributed by atoms with E-state index in [9.17, 15) is 9.18 Å². The van der Waals surface area contributed by atoms with Gasteiger partial charge in [-0.05, 0) is 19.1 Å². The predicted molar refractivity (Wildman–Crippen MR) is 63.0 cm³/mol. The molecule has 1 aromatic heterocycles. The topological polar surface area (TPSA) is 39.2 Å². The van der Waals surface area contributed by atoms with E-state index in [4.69, 9.17) is 4.74 Å². The summed E-state index contributed by atoms with van der Waals surface area (Å²) in [6, 6.07) is 4.26. The monoisotopic (exact) mass is 251 g/mol. The largest absolute Gasteiger partial charge is 0.484 e. The van der Waals surface area contributed by atoms with Crippen molar-refractivity contribution in [1.29, 1.82) is 0 Å². The number of thiazole rings is 1. The molecular formula is C12H10FNO2S. The number of hydrogen-bond donors (Lipinski definition) is 0. The van der Waals surface area contributed by atoms with E-state index in [1.165, 1.54) is 29.5 Å². The maximum atomic E-state index is 13.4. The Morgan fingerprint density at radius 3 is 3.00 bits per heavy atom. The smallest absolute Gasteiger partial charge is 0.165 e. The lowest BCUT2D eigenvalue weighted by Crippen LogP contribution is -1.99. The fourth-order valence-corrected chi connectivity index (χ4v) is 2.09. The summed E-state index contributed by atoms with van der Waals surface area (Å²) in [5, 5.41) is 0.924. The van der Waals surface area contributed by atoms with Gasteiger partial charge in [-0.25, -0.2) is 9.37 Å². The lowest BCUT2D eigenvalue weighted by atomic mass is 10.2. The molecule has 0 saturated heterocycles.